The molecule has 0 radical (unpaired) electrons. The first-order valence-corrected chi connectivity index (χ1v) is 8.91. The number of aromatic amines is 1. The number of aliphatic hydroxyl groups is 1. The van der Waals surface area contributed by atoms with Crippen molar-refractivity contribution in [3.8, 4) is 0 Å². The minimum Gasteiger partial charge on any atom is -0.390 e. The monoisotopic (exact) mass is 365 g/mol. The summed E-state index contributed by atoms with van der Waals surface area (Å²) in [5.41, 5.74) is -1.99. The molecule has 0 aliphatic carbocycles. The largest absolute Gasteiger partial charge is 0.405 e. The van der Waals surface area contributed by atoms with Crippen molar-refractivity contribution in [3.05, 3.63) is 32.9 Å². The van der Waals surface area contributed by atoms with Crippen molar-refractivity contribution in [1.29, 1.82) is 0 Å². The van der Waals surface area contributed by atoms with E-state index in [-0.39, 0.29) is 13.0 Å². The molecule has 0 spiro atoms. The van der Waals surface area contributed by atoms with E-state index in [0.29, 0.717) is 19.6 Å². The lowest BCUT2D eigenvalue weighted by molar-refractivity contribution is -0.0445. The molecule has 12 heteroatoms. The van der Waals surface area contributed by atoms with Gasteiger partial charge in [-0.3, -0.25) is 23.4 Å². The number of rotatable bonds is 4. The molecular formula is C12H17FN3O7P. The summed E-state index contributed by atoms with van der Waals surface area (Å²) in [6.45, 7) is 0.551. The van der Waals surface area contributed by atoms with Crippen LogP contribution in [-0.4, -0.2) is 46.6 Å². The third-order valence-electron chi connectivity index (χ3n) is 3.74. The van der Waals surface area contributed by atoms with E-state index >= 15 is 0 Å². The van der Waals surface area contributed by atoms with Gasteiger partial charge in [-0.05, 0) is 6.42 Å². The number of nitrogens with zero attached hydrogens (tertiary/aromatic N) is 1. The standard InChI is InChI=1S/C12H17FN3O7P/c13-7-5-16(12(19)15-11(7)18)10-4-8(17)9(23-10)6-22-24(20)14-2-1-3-21-24/h5,8-10,17H,1-4,6H2,(H,14,20)(H,15,18,19)/t8-,9+,10+,24?/m0/s1. The summed E-state index contributed by atoms with van der Waals surface area (Å²) in [5, 5.41) is 12.6. The quantitative estimate of drug-likeness (QED) is 0.606. The molecule has 1 unspecified atom stereocenters. The molecule has 1 aromatic rings. The molecule has 1 aromatic heterocycles. The Bertz CT molecular complexity index is 756. The molecule has 0 amide bonds. The zero-order valence-electron chi connectivity index (χ0n) is 12.5. The summed E-state index contributed by atoms with van der Waals surface area (Å²) in [6, 6.07) is 0. The van der Waals surface area contributed by atoms with Gasteiger partial charge in [0.1, 0.15) is 12.3 Å². The third-order valence-corrected chi connectivity index (χ3v) is 5.36. The molecule has 3 N–H and O–H groups in total. The molecule has 0 aromatic carbocycles. The number of ether oxygens (including phenoxy) is 1. The second-order valence-corrected chi connectivity index (χ2v) is 7.29. The second kappa shape index (κ2) is 6.87. The molecule has 24 heavy (non-hydrogen) atoms. The Kier molecular flexibility index (Phi) is 5.00. The zero-order chi connectivity index (χ0) is 17.3. The van der Waals surface area contributed by atoms with Crippen molar-refractivity contribution < 1.29 is 27.8 Å². The van der Waals surface area contributed by atoms with Crippen LogP contribution in [0.5, 0.6) is 0 Å². The molecule has 134 valence electrons. The Balaban J connectivity index is 1.66. The van der Waals surface area contributed by atoms with Crippen molar-refractivity contribution >= 4 is 7.75 Å². The van der Waals surface area contributed by atoms with E-state index in [4.69, 9.17) is 13.8 Å². The number of nitrogens with one attached hydrogen (secondary N) is 2. The first-order chi connectivity index (χ1) is 11.4. The zero-order valence-corrected chi connectivity index (χ0v) is 13.4. The molecular weight excluding hydrogens is 348 g/mol. The Morgan fingerprint density at radius 2 is 2.29 bits per heavy atom. The van der Waals surface area contributed by atoms with Crippen LogP contribution in [0.1, 0.15) is 19.1 Å². The highest BCUT2D eigenvalue weighted by molar-refractivity contribution is 7.51. The molecule has 2 aliphatic heterocycles. The maximum absolute atomic E-state index is 13.3. The molecule has 3 rings (SSSR count). The van der Waals surface area contributed by atoms with Gasteiger partial charge in [0.2, 0.25) is 5.82 Å². The van der Waals surface area contributed by atoms with Crippen LogP contribution in [0.25, 0.3) is 0 Å². The van der Waals surface area contributed by atoms with E-state index in [1.165, 1.54) is 0 Å². The fourth-order valence-corrected chi connectivity index (χ4v) is 3.89. The fourth-order valence-electron chi connectivity index (χ4n) is 2.48. The number of halogens is 1. The number of aliphatic hydroxyl groups excluding tert-OH is 1. The maximum atomic E-state index is 13.3. The van der Waals surface area contributed by atoms with Crippen LogP contribution in [0.3, 0.4) is 0 Å². The van der Waals surface area contributed by atoms with E-state index in [9.17, 15) is 23.7 Å². The summed E-state index contributed by atoms with van der Waals surface area (Å²) in [6.07, 6.45) is -1.47. The number of H-pyrrole nitrogens is 1. The predicted molar refractivity (Wildman–Crippen MR) is 77.9 cm³/mol. The van der Waals surface area contributed by atoms with Gasteiger partial charge in [-0.15, -0.1) is 0 Å². The molecule has 10 nitrogen and oxygen atoms in total. The van der Waals surface area contributed by atoms with Crippen LogP contribution in [-0.2, 0) is 18.3 Å². The Labute approximate surface area is 135 Å². The lowest BCUT2D eigenvalue weighted by Crippen LogP contribution is -2.34. The van der Waals surface area contributed by atoms with Gasteiger partial charge in [0, 0.05) is 13.0 Å². The predicted octanol–water partition coefficient (Wildman–Crippen LogP) is -0.541. The van der Waals surface area contributed by atoms with Crippen LogP contribution in [0.15, 0.2) is 15.8 Å². The highest BCUT2D eigenvalue weighted by Crippen LogP contribution is 2.46. The third kappa shape index (κ3) is 3.66. The molecule has 3 heterocycles. The summed E-state index contributed by atoms with van der Waals surface area (Å²) < 4.78 is 42.1. The average molecular weight is 365 g/mol. The summed E-state index contributed by atoms with van der Waals surface area (Å²) in [4.78, 5) is 24.6. The summed E-state index contributed by atoms with van der Waals surface area (Å²) >= 11 is 0. The highest BCUT2D eigenvalue weighted by atomic mass is 31.2. The topological polar surface area (TPSA) is 132 Å². The first-order valence-electron chi connectivity index (χ1n) is 7.37. The summed E-state index contributed by atoms with van der Waals surface area (Å²) in [5.74, 6) is -1.14. The number of hydrogen-bond acceptors (Lipinski definition) is 7. The number of hydrogen-bond donors (Lipinski definition) is 3. The van der Waals surface area contributed by atoms with Gasteiger partial charge >= 0.3 is 13.4 Å². The lowest BCUT2D eigenvalue weighted by atomic mass is 10.2. The fraction of sp³-hybridized carbons (Fsp3) is 0.667. The van der Waals surface area contributed by atoms with Gasteiger partial charge in [0.15, 0.2) is 0 Å². The van der Waals surface area contributed by atoms with Crippen molar-refractivity contribution in [2.45, 2.75) is 31.3 Å². The van der Waals surface area contributed by atoms with Crippen LogP contribution in [0, 0.1) is 5.82 Å². The smallest absolute Gasteiger partial charge is 0.390 e. The van der Waals surface area contributed by atoms with Crippen LogP contribution >= 0.6 is 7.75 Å². The molecule has 2 aliphatic rings. The molecule has 0 bridgehead atoms. The molecule has 0 saturated carbocycles. The van der Waals surface area contributed by atoms with E-state index < -0.39 is 43.2 Å². The minimum atomic E-state index is -3.43. The maximum Gasteiger partial charge on any atom is 0.405 e. The Hall–Kier alpha value is -1.36. The Morgan fingerprint density at radius 1 is 1.50 bits per heavy atom. The van der Waals surface area contributed by atoms with E-state index in [1.807, 2.05) is 4.98 Å². The van der Waals surface area contributed by atoms with Gasteiger partial charge in [0.05, 0.1) is 25.5 Å². The SMILES string of the molecule is O=c1[nH]c(=O)n([C@H]2C[C@H](O)[C@@H](COP3(=O)NCCCO3)O2)cc1F. The first kappa shape index (κ1) is 17.5. The van der Waals surface area contributed by atoms with E-state index in [2.05, 4.69) is 5.09 Å². The van der Waals surface area contributed by atoms with Gasteiger partial charge < -0.3 is 9.84 Å². The molecule has 2 saturated heterocycles. The lowest BCUT2D eigenvalue weighted by Gasteiger charge is -2.25. The van der Waals surface area contributed by atoms with Crippen molar-refractivity contribution in [1.82, 2.24) is 14.6 Å². The van der Waals surface area contributed by atoms with Crippen LogP contribution in [0.2, 0.25) is 0 Å². The second-order valence-electron chi connectivity index (χ2n) is 5.46. The Morgan fingerprint density at radius 3 is 3.00 bits per heavy atom. The number of aromatic nitrogens is 2. The summed E-state index contributed by atoms with van der Waals surface area (Å²) in [7, 11) is -3.43. The van der Waals surface area contributed by atoms with Crippen molar-refractivity contribution in [2.75, 3.05) is 19.8 Å². The van der Waals surface area contributed by atoms with Gasteiger partial charge in [-0.25, -0.2) is 14.4 Å². The van der Waals surface area contributed by atoms with Gasteiger partial charge in [-0.2, -0.15) is 4.39 Å². The van der Waals surface area contributed by atoms with Gasteiger partial charge in [-0.1, -0.05) is 0 Å². The van der Waals surface area contributed by atoms with Crippen molar-refractivity contribution in [3.63, 3.8) is 0 Å². The van der Waals surface area contributed by atoms with E-state index in [0.717, 1.165) is 10.8 Å². The van der Waals surface area contributed by atoms with Crippen molar-refractivity contribution in [2.24, 2.45) is 0 Å². The normalized spacial score (nSPS) is 33.7. The average Bonchev–Trinajstić information content (AvgIpc) is 2.90. The van der Waals surface area contributed by atoms with Crippen LogP contribution in [0.4, 0.5) is 4.39 Å². The highest BCUT2D eigenvalue weighted by Gasteiger charge is 2.38. The van der Waals surface area contributed by atoms with E-state index in [1.54, 1.807) is 0 Å². The minimum absolute atomic E-state index is 0.0159. The van der Waals surface area contributed by atoms with Crippen LogP contribution < -0.4 is 16.3 Å². The van der Waals surface area contributed by atoms with Gasteiger partial charge in [0.25, 0.3) is 5.56 Å². The molecule has 4 atom stereocenters. The molecule has 2 fully saturated rings.